The number of nitrogens with zero attached hydrogens (tertiary/aromatic N) is 6. The predicted octanol–water partition coefficient (Wildman–Crippen LogP) is 2.37. The highest BCUT2D eigenvalue weighted by Crippen LogP contribution is 2.24. The van der Waals surface area contributed by atoms with Gasteiger partial charge in [0.1, 0.15) is 17.4 Å². The summed E-state index contributed by atoms with van der Waals surface area (Å²) in [6, 6.07) is 0. The number of hydrogen-bond acceptors (Lipinski definition) is 6. The quantitative estimate of drug-likeness (QED) is 0.601. The minimum atomic E-state index is 0.245. The number of aromatic nitrogens is 8. The largest absolute Gasteiger partial charge is 0.342 e. The Morgan fingerprint density at radius 3 is 2.74 bits per heavy atom. The second-order valence-corrected chi connectivity index (χ2v) is 5.64. The lowest BCUT2D eigenvalue weighted by Crippen LogP contribution is -2.00. The molecule has 0 aliphatic heterocycles. The maximum atomic E-state index is 4.67. The van der Waals surface area contributed by atoms with Crippen molar-refractivity contribution in [3.8, 4) is 11.6 Å². The van der Waals surface area contributed by atoms with Crippen LogP contribution in [0.2, 0.25) is 0 Å². The monoisotopic (exact) mass is 308 g/mol. The molecule has 0 aliphatic rings. The van der Waals surface area contributed by atoms with E-state index in [1.54, 1.807) is 12.7 Å². The minimum absolute atomic E-state index is 0.245. The molecule has 4 aromatic rings. The number of hydrogen-bond donors (Lipinski definition) is 2. The molecule has 4 aromatic heterocycles. The van der Waals surface area contributed by atoms with Gasteiger partial charge in [0, 0.05) is 0 Å². The molecule has 23 heavy (non-hydrogen) atoms. The molecule has 0 bridgehead atoms. The minimum Gasteiger partial charge on any atom is -0.342 e. The van der Waals surface area contributed by atoms with E-state index >= 15 is 0 Å². The smallest absolute Gasteiger partial charge is 0.198 e. The third-order valence-electron chi connectivity index (χ3n) is 3.77. The van der Waals surface area contributed by atoms with Crippen LogP contribution in [-0.4, -0.2) is 39.9 Å². The molecule has 8 heteroatoms. The average Bonchev–Trinajstić information content (AvgIpc) is 3.19. The van der Waals surface area contributed by atoms with Gasteiger partial charge in [-0.05, 0) is 12.3 Å². The predicted molar refractivity (Wildman–Crippen MR) is 85.8 cm³/mol. The highest BCUT2D eigenvalue weighted by Gasteiger charge is 2.17. The van der Waals surface area contributed by atoms with Gasteiger partial charge in [0.05, 0.1) is 17.7 Å². The third-order valence-corrected chi connectivity index (χ3v) is 3.77. The van der Waals surface area contributed by atoms with Crippen LogP contribution in [-0.2, 0) is 6.42 Å². The fourth-order valence-corrected chi connectivity index (χ4v) is 2.62. The number of H-pyrrole nitrogens is 2. The van der Waals surface area contributed by atoms with Gasteiger partial charge in [-0.2, -0.15) is 0 Å². The van der Waals surface area contributed by atoms with Gasteiger partial charge >= 0.3 is 0 Å². The van der Waals surface area contributed by atoms with Crippen LogP contribution in [0.15, 0.2) is 12.7 Å². The molecule has 0 aliphatic carbocycles. The normalized spacial score (nSPS) is 11.8. The highest BCUT2D eigenvalue weighted by molar-refractivity contribution is 5.79. The van der Waals surface area contributed by atoms with Crippen LogP contribution in [0.3, 0.4) is 0 Å². The number of rotatable bonds is 3. The van der Waals surface area contributed by atoms with E-state index in [2.05, 4.69) is 53.7 Å². The molecule has 0 atom stereocenters. The van der Waals surface area contributed by atoms with Crippen LogP contribution >= 0.6 is 0 Å². The summed E-state index contributed by atoms with van der Waals surface area (Å²) in [5, 5.41) is 0. The molecule has 2 N–H and O–H groups in total. The maximum absolute atomic E-state index is 4.67. The van der Waals surface area contributed by atoms with E-state index in [1.807, 2.05) is 6.92 Å². The Labute approximate surface area is 131 Å². The standard InChI is InChI=1S/C15H16N8/c1-4-8-10-12(18-5-16-8)22-15(21-10)14-20-9(7(2)3)11-13(23-14)19-6-17-11/h5-7H,4H2,1-3H3,(H,16,18,21,22)(H,17,19,20,23). The summed E-state index contributed by atoms with van der Waals surface area (Å²) in [4.78, 5) is 32.8. The lowest BCUT2D eigenvalue weighted by molar-refractivity contribution is 0.826. The molecular weight excluding hydrogens is 292 g/mol. The molecule has 0 radical (unpaired) electrons. The first-order valence-electron chi connectivity index (χ1n) is 7.58. The molecular formula is C15H16N8. The van der Waals surface area contributed by atoms with Crippen molar-refractivity contribution in [3.63, 3.8) is 0 Å². The van der Waals surface area contributed by atoms with Crippen LogP contribution in [0, 0.1) is 0 Å². The average molecular weight is 308 g/mol. The molecule has 0 unspecified atom stereocenters. The van der Waals surface area contributed by atoms with Gasteiger partial charge in [-0.1, -0.05) is 20.8 Å². The van der Waals surface area contributed by atoms with E-state index in [-0.39, 0.29) is 5.92 Å². The first-order chi connectivity index (χ1) is 11.2. The number of aromatic amines is 2. The second-order valence-electron chi connectivity index (χ2n) is 5.64. The van der Waals surface area contributed by atoms with Crippen LogP contribution in [0.25, 0.3) is 34.0 Å². The SMILES string of the molecule is CCc1ncnc2[nH]c(-c3nc(C(C)C)c4[nH]cnc4n3)nc12. The zero-order chi connectivity index (χ0) is 16.0. The van der Waals surface area contributed by atoms with Crippen molar-refractivity contribution in [3.05, 3.63) is 24.0 Å². The summed E-state index contributed by atoms with van der Waals surface area (Å²) in [5.74, 6) is 1.35. The van der Waals surface area contributed by atoms with Crippen molar-refractivity contribution in [1.82, 2.24) is 39.9 Å². The molecule has 4 heterocycles. The van der Waals surface area contributed by atoms with Crippen molar-refractivity contribution >= 4 is 22.3 Å². The Balaban J connectivity index is 1.95. The van der Waals surface area contributed by atoms with Gasteiger partial charge < -0.3 is 9.97 Å². The van der Waals surface area contributed by atoms with Crippen LogP contribution in [0.4, 0.5) is 0 Å². The van der Waals surface area contributed by atoms with Gasteiger partial charge in [0.15, 0.2) is 22.9 Å². The Bertz CT molecular complexity index is 997. The van der Waals surface area contributed by atoms with Crippen molar-refractivity contribution in [2.45, 2.75) is 33.1 Å². The molecule has 4 rings (SSSR count). The van der Waals surface area contributed by atoms with E-state index in [4.69, 9.17) is 0 Å². The van der Waals surface area contributed by atoms with E-state index in [0.29, 0.717) is 22.9 Å². The number of aryl methyl sites for hydroxylation is 1. The van der Waals surface area contributed by atoms with E-state index in [0.717, 1.165) is 28.8 Å². The first-order valence-corrected chi connectivity index (χ1v) is 7.58. The van der Waals surface area contributed by atoms with Crippen molar-refractivity contribution in [2.24, 2.45) is 0 Å². The maximum Gasteiger partial charge on any atom is 0.198 e. The molecule has 116 valence electrons. The zero-order valence-electron chi connectivity index (χ0n) is 13.1. The van der Waals surface area contributed by atoms with Crippen LogP contribution in [0.1, 0.15) is 38.1 Å². The van der Waals surface area contributed by atoms with Gasteiger partial charge in [-0.3, -0.25) is 0 Å². The van der Waals surface area contributed by atoms with Crippen LogP contribution in [0.5, 0.6) is 0 Å². The number of fused-ring (bicyclic) bond motifs is 2. The number of imidazole rings is 2. The zero-order valence-corrected chi connectivity index (χ0v) is 13.1. The Morgan fingerprint density at radius 2 is 1.96 bits per heavy atom. The molecule has 8 nitrogen and oxygen atoms in total. The van der Waals surface area contributed by atoms with Crippen LogP contribution < -0.4 is 0 Å². The number of nitrogens with one attached hydrogen (secondary N) is 2. The lowest BCUT2D eigenvalue weighted by atomic mass is 10.1. The van der Waals surface area contributed by atoms with E-state index in [9.17, 15) is 0 Å². The van der Waals surface area contributed by atoms with Crippen molar-refractivity contribution in [1.29, 1.82) is 0 Å². The molecule has 0 amide bonds. The first kappa shape index (κ1) is 13.7. The fourth-order valence-electron chi connectivity index (χ4n) is 2.62. The summed E-state index contributed by atoms with van der Waals surface area (Å²) >= 11 is 0. The topological polar surface area (TPSA) is 109 Å². The van der Waals surface area contributed by atoms with E-state index < -0.39 is 0 Å². The molecule has 0 saturated carbocycles. The second kappa shape index (κ2) is 5.08. The molecule has 0 aromatic carbocycles. The van der Waals surface area contributed by atoms with Gasteiger partial charge in [-0.25, -0.2) is 29.9 Å². The van der Waals surface area contributed by atoms with E-state index in [1.165, 1.54) is 0 Å². The fraction of sp³-hybridized carbons (Fsp3) is 0.333. The molecule has 0 fully saturated rings. The summed E-state index contributed by atoms with van der Waals surface area (Å²) < 4.78 is 0. The highest BCUT2D eigenvalue weighted by atomic mass is 15.1. The van der Waals surface area contributed by atoms with Crippen molar-refractivity contribution in [2.75, 3.05) is 0 Å². The Morgan fingerprint density at radius 1 is 1.09 bits per heavy atom. The third kappa shape index (κ3) is 2.14. The lowest BCUT2D eigenvalue weighted by Gasteiger charge is -2.06. The Kier molecular flexibility index (Phi) is 3.03. The van der Waals surface area contributed by atoms with Gasteiger partial charge in [-0.15, -0.1) is 0 Å². The summed E-state index contributed by atoms with van der Waals surface area (Å²) in [5.41, 5.74) is 4.80. The van der Waals surface area contributed by atoms with Gasteiger partial charge in [0.25, 0.3) is 0 Å². The summed E-state index contributed by atoms with van der Waals surface area (Å²) in [7, 11) is 0. The molecule has 0 spiro atoms. The molecule has 0 saturated heterocycles. The van der Waals surface area contributed by atoms with Gasteiger partial charge in [0.2, 0.25) is 0 Å². The Hall–Kier alpha value is -2.90. The summed E-state index contributed by atoms with van der Waals surface area (Å²) in [6.45, 7) is 6.22. The summed E-state index contributed by atoms with van der Waals surface area (Å²) in [6.07, 6.45) is 3.97. The van der Waals surface area contributed by atoms with Crippen molar-refractivity contribution < 1.29 is 0 Å².